The number of rotatable bonds is 5. The number of aromatic nitrogens is 2. The van der Waals surface area contributed by atoms with E-state index in [-0.39, 0.29) is 10.8 Å². The standard InChI is InChI=1S/C15H16F3N3O3S/c1-11-6-19-20(7-11)8-12-9-21(10-12)25(22,23)14-4-2-13(3-5-14)24-15(16,17)18/h2-7,12H,8-10H2,1H3. The highest BCUT2D eigenvalue weighted by atomic mass is 32.2. The molecule has 3 rings (SSSR count). The molecule has 2 aromatic rings. The van der Waals surface area contributed by atoms with Gasteiger partial charge in [0.15, 0.2) is 0 Å². The van der Waals surface area contributed by atoms with Gasteiger partial charge in [-0.15, -0.1) is 13.2 Å². The summed E-state index contributed by atoms with van der Waals surface area (Å²) in [5.41, 5.74) is 1.03. The number of aryl methyl sites for hydroxylation is 1. The van der Waals surface area contributed by atoms with Crippen LogP contribution in [0.1, 0.15) is 5.56 Å². The maximum Gasteiger partial charge on any atom is 0.573 e. The van der Waals surface area contributed by atoms with Crippen LogP contribution in [0.15, 0.2) is 41.6 Å². The molecule has 136 valence electrons. The van der Waals surface area contributed by atoms with Crippen molar-refractivity contribution in [1.82, 2.24) is 14.1 Å². The van der Waals surface area contributed by atoms with Gasteiger partial charge in [-0.05, 0) is 36.8 Å². The van der Waals surface area contributed by atoms with Crippen LogP contribution in [0.3, 0.4) is 0 Å². The molecule has 0 N–H and O–H groups in total. The van der Waals surface area contributed by atoms with Crippen molar-refractivity contribution in [2.45, 2.75) is 24.7 Å². The van der Waals surface area contributed by atoms with Gasteiger partial charge in [0.2, 0.25) is 10.0 Å². The molecule has 2 heterocycles. The van der Waals surface area contributed by atoms with Crippen molar-refractivity contribution >= 4 is 10.0 Å². The third-order valence-corrected chi connectivity index (χ3v) is 5.67. The van der Waals surface area contributed by atoms with Crippen LogP contribution in [-0.2, 0) is 16.6 Å². The Balaban J connectivity index is 1.61. The van der Waals surface area contributed by atoms with E-state index in [0.717, 1.165) is 29.8 Å². The van der Waals surface area contributed by atoms with Crippen molar-refractivity contribution < 1.29 is 26.3 Å². The normalized spacial score (nSPS) is 16.6. The molecule has 1 fully saturated rings. The lowest BCUT2D eigenvalue weighted by molar-refractivity contribution is -0.274. The van der Waals surface area contributed by atoms with E-state index in [1.54, 1.807) is 10.9 Å². The Morgan fingerprint density at radius 1 is 1.24 bits per heavy atom. The predicted octanol–water partition coefficient (Wildman–Crippen LogP) is 2.41. The number of alkyl halides is 3. The van der Waals surface area contributed by atoms with Gasteiger partial charge in [0.1, 0.15) is 5.75 Å². The van der Waals surface area contributed by atoms with Gasteiger partial charge in [-0.25, -0.2) is 8.42 Å². The summed E-state index contributed by atoms with van der Waals surface area (Å²) in [6.07, 6.45) is -1.19. The van der Waals surface area contributed by atoms with Gasteiger partial charge in [0, 0.05) is 31.7 Å². The van der Waals surface area contributed by atoms with Crippen LogP contribution >= 0.6 is 0 Å². The number of nitrogens with zero attached hydrogens (tertiary/aromatic N) is 3. The molecular formula is C15H16F3N3O3S. The second-order valence-electron chi connectivity index (χ2n) is 5.95. The third-order valence-electron chi connectivity index (χ3n) is 3.83. The first-order valence-electron chi connectivity index (χ1n) is 7.48. The van der Waals surface area contributed by atoms with Gasteiger partial charge in [0.25, 0.3) is 0 Å². The van der Waals surface area contributed by atoms with Crippen LogP contribution in [0.5, 0.6) is 5.75 Å². The molecule has 0 unspecified atom stereocenters. The van der Waals surface area contributed by atoms with Crippen molar-refractivity contribution in [1.29, 1.82) is 0 Å². The molecule has 1 saturated heterocycles. The molecule has 1 aliphatic rings. The van der Waals surface area contributed by atoms with E-state index in [4.69, 9.17) is 0 Å². The maximum atomic E-state index is 12.5. The summed E-state index contributed by atoms with van der Waals surface area (Å²) in [7, 11) is -3.72. The fraction of sp³-hybridized carbons (Fsp3) is 0.400. The Bertz CT molecular complexity index is 841. The minimum absolute atomic E-state index is 0.0598. The summed E-state index contributed by atoms with van der Waals surface area (Å²) in [6.45, 7) is 3.25. The number of hydrogen-bond acceptors (Lipinski definition) is 4. The summed E-state index contributed by atoms with van der Waals surface area (Å²) in [4.78, 5) is -0.0598. The first-order valence-corrected chi connectivity index (χ1v) is 8.92. The number of hydrogen-bond donors (Lipinski definition) is 0. The highest BCUT2D eigenvalue weighted by Crippen LogP contribution is 2.28. The van der Waals surface area contributed by atoms with Crippen molar-refractivity contribution in [3.63, 3.8) is 0 Å². The molecule has 0 amide bonds. The van der Waals surface area contributed by atoms with E-state index >= 15 is 0 Å². The zero-order valence-corrected chi connectivity index (χ0v) is 14.1. The molecule has 1 aliphatic heterocycles. The van der Waals surface area contributed by atoms with E-state index < -0.39 is 22.1 Å². The number of benzene rings is 1. The molecule has 0 saturated carbocycles. The molecular weight excluding hydrogens is 359 g/mol. The number of halogens is 3. The Kier molecular flexibility index (Phi) is 4.50. The average Bonchev–Trinajstić information content (AvgIpc) is 2.86. The number of sulfonamides is 1. The van der Waals surface area contributed by atoms with Crippen LogP contribution in [0, 0.1) is 12.8 Å². The molecule has 0 spiro atoms. The van der Waals surface area contributed by atoms with E-state index in [0.29, 0.717) is 19.6 Å². The highest BCUT2D eigenvalue weighted by molar-refractivity contribution is 7.89. The summed E-state index contributed by atoms with van der Waals surface area (Å²) < 4.78 is 68.1. The smallest absolute Gasteiger partial charge is 0.406 e. The van der Waals surface area contributed by atoms with Crippen molar-refractivity contribution in [2.75, 3.05) is 13.1 Å². The quantitative estimate of drug-likeness (QED) is 0.805. The van der Waals surface area contributed by atoms with E-state index in [2.05, 4.69) is 9.84 Å². The van der Waals surface area contributed by atoms with Crippen molar-refractivity contribution in [2.24, 2.45) is 5.92 Å². The van der Waals surface area contributed by atoms with Gasteiger partial charge in [-0.2, -0.15) is 9.40 Å². The molecule has 25 heavy (non-hydrogen) atoms. The molecule has 0 atom stereocenters. The van der Waals surface area contributed by atoms with Crippen molar-refractivity contribution in [3.05, 3.63) is 42.2 Å². The summed E-state index contributed by atoms with van der Waals surface area (Å²) >= 11 is 0. The SMILES string of the molecule is Cc1cnn(CC2CN(S(=O)(=O)c3ccc(OC(F)(F)F)cc3)C2)c1. The molecule has 1 aromatic heterocycles. The summed E-state index contributed by atoms with van der Waals surface area (Å²) in [5, 5.41) is 4.16. The number of ether oxygens (including phenoxy) is 1. The minimum Gasteiger partial charge on any atom is -0.406 e. The minimum atomic E-state index is -4.81. The fourth-order valence-electron chi connectivity index (χ4n) is 2.63. The lowest BCUT2D eigenvalue weighted by Crippen LogP contribution is -2.51. The first-order chi connectivity index (χ1) is 11.6. The lowest BCUT2D eigenvalue weighted by atomic mass is 10.0. The Labute approximate surface area is 142 Å². The van der Waals surface area contributed by atoms with Crippen LogP contribution < -0.4 is 4.74 Å². The maximum absolute atomic E-state index is 12.5. The fourth-order valence-corrected chi connectivity index (χ4v) is 4.22. The Hall–Kier alpha value is -2.07. The zero-order valence-electron chi connectivity index (χ0n) is 13.3. The van der Waals surface area contributed by atoms with Crippen LogP contribution in [0.25, 0.3) is 0 Å². The topological polar surface area (TPSA) is 64.4 Å². The van der Waals surface area contributed by atoms with Gasteiger partial charge < -0.3 is 4.74 Å². The zero-order chi connectivity index (χ0) is 18.2. The predicted molar refractivity (Wildman–Crippen MR) is 82.3 cm³/mol. The van der Waals surface area contributed by atoms with Crippen LogP contribution in [-0.4, -0.2) is 42.0 Å². The molecule has 1 aromatic carbocycles. The average molecular weight is 375 g/mol. The Morgan fingerprint density at radius 2 is 1.88 bits per heavy atom. The van der Waals surface area contributed by atoms with E-state index in [9.17, 15) is 21.6 Å². The molecule has 0 radical (unpaired) electrons. The first kappa shape index (κ1) is 17.7. The molecule has 6 nitrogen and oxygen atoms in total. The Morgan fingerprint density at radius 3 is 2.40 bits per heavy atom. The van der Waals surface area contributed by atoms with E-state index in [1.807, 2.05) is 13.1 Å². The third kappa shape index (κ3) is 4.13. The highest BCUT2D eigenvalue weighted by Gasteiger charge is 2.37. The van der Waals surface area contributed by atoms with Gasteiger partial charge in [-0.3, -0.25) is 4.68 Å². The van der Waals surface area contributed by atoms with E-state index in [1.165, 1.54) is 4.31 Å². The monoisotopic (exact) mass is 375 g/mol. The van der Waals surface area contributed by atoms with Crippen LogP contribution in [0.4, 0.5) is 13.2 Å². The van der Waals surface area contributed by atoms with Crippen LogP contribution in [0.2, 0.25) is 0 Å². The largest absolute Gasteiger partial charge is 0.573 e. The van der Waals surface area contributed by atoms with Gasteiger partial charge in [0.05, 0.1) is 11.1 Å². The summed E-state index contributed by atoms with van der Waals surface area (Å²) in [5.74, 6) is -0.302. The lowest BCUT2D eigenvalue weighted by Gasteiger charge is -2.38. The molecule has 0 bridgehead atoms. The van der Waals surface area contributed by atoms with Gasteiger partial charge >= 0.3 is 6.36 Å². The second-order valence-corrected chi connectivity index (χ2v) is 7.88. The second kappa shape index (κ2) is 6.34. The molecule has 0 aliphatic carbocycles. The van der Waals surface area contributed by atoms with Gasteiger partial charge in [-0.1, -0.05) is 0 Å². The van der Waals surface area contributed by atoms with Crippen molar-refractivity contribution in [3.8, 4) is 5.75 Å². The molecule has 10 heteroatoms. The summed E-state index contributed by atoms with van der Waals surface area (Å²) in [6, 6.07) is 4.20.